The summed E-state index contributed by atoms with van der Waals surface area (Å²) in [5.41, 5.74) is 5.99. The Morgan fingerprint density at radius 1 is 0.683 bits per heavy atom. The highest BCUT2D eigenvalue weighted by molar-refractivity contribution is 5.55. The SMILES string of the molecule is C#CCO[C@H](CO)CO[C@@H]1CCC[C@H](OCc2nc(-c3cccc(C)c3)oc2C)C1.CCCO[C@H](CO)CO[C@@H]1CCC[C@H](OCc2nc(-c3cccc(C)c3)oc2C)C1. The maximum Gasteiger partial charge on any atom is 0.226 e. The van der Waals surface area contributed by atoms with Crippen LogP contribution in [0.4, 0.5) is 0 Å². The molecule has 6 atom stereocenters. The average Bonchev–Trinajstić information content (AvgIpc) is 3.83. The highest BCUT2D eigenvalue weighted by Crippen LogP contribution is 2.29. The van der Waals surface area contributed by atoms with Crippen LogP contribution in [0.3, 0.4) is 0 Å². The molecular formula is C48H66N2O10. The lowest BCUT2D eigenvalue weighted by Gasteiger charge is -2.30. The lowest BCUT2D eigenvalue weighted by atomic mass is 9.95. The highest BCUT2D eigenvalue weighted by Gasteiger charge is 2.27. The standard InChI is InChI=1S/C24H35NO5.C24H31NO5/c2*1-4-11-27-22(14-26)15-28-20-9-6-10-21(13-20)29-16-23-18(3)30-24(25-23)19-8-5-7-17(2)12-19/h5,7-8,12,20-22,26H,4,6,9-11,13-16H2,1-3H3;1,5,7-8,12,20-22,26H,6,9-11,13-16H2,2-3H3/t2*20-,21+,22-/m11/s1. The zero-order chi connectivity index (χ0) is 42.7. The van der Waals surface area contributed by atoms with Crippen LogP contribution in [0, 0.1) is 40.0 Å². The van der Waals surface area contributed by atoms with Gasteiger partial charge < -0.3 is 47.5 Å². The molecule has 6 rings (SSSR count). The number of hydrogen-bond donors (Lipinski definition) is 2. The van der Waals surface area contributed by atoms with Gasteiger partial charge >= 0.3 is 0 Å². The summed E-state index contributed by atoms with van der Waals surface area (Å²) >= 11 is 0. The monoisotopic (exact) mass is 830 g/mol. The van der Waals surface area contributed by atoms with E-state index < -0.39 is 0 Å². The molecule has 2 aromatic heterocycles. The van der Waals surface area contributed by atoms with Crippen LogP contribution in [0.25, 0.3) is 22.9 Å². The predicted octanol–water partition coefficient (Wildman–Crippen LogP) is 8.40. The van der Waals surface area contributed by atoms with E-state index in [9.17, 15) is 10.2 Å². The normalized spacial score (nSPS) is 20.2. The van der Waals surface area contributed by atoms with Crippen molar-refractivity contribution in [3.05, 3.63) is 82.6 Å². The maximum absolute atomic E-state index is 9.42. The molecule has 2 fully saturated rings. The zero-order valence-corrected chi connectivity index (χ0v) is 36.2. The molecule has 12 nitrogen and oxygen atoms in total. The molecular weight excluding hydrogens is 765 g/mol. The Morgan fingerprint density at radius 2 is 1.13 bits per heavy atom. The molecule has 2 aliphatic rings. The van der Waals surface area contributed by atoms with Crippen LogP contribution < -0.4 is 0 Å². The molecule has 0 amide bonds. The number of ether oxygens (including phenoxy) is 6. The molecule has 2 N–H and O–H groups in total. The van der Waals surface area contributed by atoms with Crippen molar-refractivity contribution in [3.63, 3.8) is 0 Å². The van der Waals surface area contributed by atoms with Gasteiger partial charge in [0, 0.05) is 17.7 Å². The quantitative estimate of drug-likeness (QED) is 0.0778. The second-order valence-corrected chi connectivity index (χ2v) is 15.9. The summed E-state index contributed by atoms with van der Waals surface area (Å²) in [5.74, 6) is 5.26. The lowest BCUT2D eigenvalue weighted by molar-refractivity contribution is -0.0925. The number of oxazole rings is 2. The van der Waals surface area contributed by atoms with E-state index in [2.05, 4.69) is 60.9 Å². The van der Waals surface area contributed by atoms with E-state index >= 15 is 0 Å². The molecule has 0 spiro atoms. The van der Waals surface area contributed by atoms with Gasteiger partial charge in [0.1, 0.15) is 41.7 Å². The predicted molar refractivity (Wildman–Crippen MR) is 229 cm³/mol. The van der Waals surface area contributed by atoms with E-state index in [1.807, 2.05) is 38.1 Å². The minimum Gasteiger partial charge on any atom is -0.441 e. The van der Waals surface area contributed by atoms with Crippen molar-refractivity contribution in [2.75, 3.05) is 39.6 Å². The van der Waals surface area contributed by atoms with Crippen LogP contribution in [0.15, 0.2) is 57.4 Å². The van der Waals surface area contributed by atoms with Crippen molar-refractivity contribution in [2.24, 2.45) is 0 Å². The van der Waals surface area contributed by atoms with Gasteiger partial charge in [-0.3, -0.25) is 0 Å². The number of aromatic nitrogens is 2. The fraction of sp³-hybridized carbons (Fsp3) is 0.583. The number of aliphatic hydroxyl groups excluding tert-OH is 2. The second-order valence-electron chi connectivity index (χ2n) is 15.9. The topological polar surface area (TPSA) is 148 Å². The first-order valence-electron chi connectivity index (χ1n) is 21.6. The Balaban J connectivity index is 0.000000228. The Bertz CT molecular complexity index is 1880. The van der Waals surface area contributed by atoms with Gasteiger partial charge in [0.15, 0.2) is 0 Å². The third-order valence-corrected chi connectivity index (χ3v) is 10.8. The number of nitrogens with zero attached hydrogens (tertiary/aromatic N) is 2. The Kier molecular flexibility index (Phi) is 19.8. The van der Waals surface area contributed by atoms with E-state index in [1.54, 1.807) is 0 Å². The molecule has 0 bridgehead atoms. The van der Waals surface area contributed by atoms with Crippen LogP contribution in [0.2, 0.25) is 0 Å². The molecule has 2 heterocycles. The summed E-state index contributed by atoms with van der Waals surface area (Å²) in [6.45, 7) is 12.3. The van der Waals surface area contributed by atoms with Gasteiger partial charge in [-0.05, 0) is 110 Å². The van der Waals surface area contributed by atoms with Gasteiger partial charge in [-0.1, -0.05) is 48.2 Å². The van der Waals surface area contributed by atoms with E-state index in [0.717, 1.165) is 91.8 Å². The number of benzene rings is 2. The van der Waals surface area contributed by atoms with Crippen molar-refractivity contribution < 1.29 is 47.5 Å². The van der Waals surface area contributed by atoms with Crippen LogP contribution in [0.1, 0.15) is 98.7 Å². The molecule has 60 heavy (non-hydrogen) atoms. The van der Waals surface area contributed by atoms with Gasteiger partial charge in [0.25, 0.3) is 0 Å². The van der Waals surface area contributed by atoms with Gasteiger partial charge in [0.2, 0.25) is 11.8 Å². The van der Waals surface area contributed by atoms with Crippen molar-refractivity contribution in [2.45, 2.75) is 142 Å². The molecule has 2 aromatic carbocycles. The number of aryl methyl sites for hydroxylation is 4. The van der Waals surface area contributed by atoms with Gasteiger partial charge in [0.05, 0.1) is 64.1 Å². The van der Waals surface area contributed by atoms with Gasteiger partial charge in [-0.15, -0.1) is 6.42 Å². The molecule has 0 radical (unpaired) electrons. The fourth-order valence-electron chi connectivity index (χ4n) is 7.37. The van der Waals surface area contributed by atoms with Gasteiger partial charge in [-0.25, -0.2) is 9.97 Å². The minimum absolute atomic E-state index is 0.0125. The van der Waals surface area contributed by atoms with Crippen LogP contribution >= 0.6 is 0 Å². The Morgan fingerprint density at radius 3 is 1.55 bits per heavy atom. The average molecular weight is 831 g/mol. The fourth-order valence-corrected chi connectivity index (χ4v) is 7.37. The zero-order valence-electron chi connectivity index (χ0n) is 36.2. The van der Waals surface area contributed by atoms with Crippen molar-refractivity contribution in [3.8, 4) is 35.3 Å². The smallest absolute Gasteiger partial charge is 0.226 e. The number of rotatable bonds is 21. The summed E-state index contributed by atoms with van der Waals surface area (Å²) in [5, 5.41) is 18.8. The Hall–Kier alpha value is -3.90. The summed E-state index contributed by atoms with van der Waals surface area (Å²) in [7, 11) is 0. The molecule has 2 saturated carbocycles. The lowest BCUT2D eigenvalue weighted by Crippen LogP contribution is -2.32. The van der Waals surface area contributed by atoms with E-state index in [4.69, 9.17) is 43.7 Å². The van der Waals surface area contributed by atoms with Crippen LogP contribution in [0.5, 0.6) is 0 Å². The summed E-state index contributed by atoms with van der Waals surface area (Å²) in [6.07, 6.45) is 13.8. The highest BCUT2D eigenvalue weighted by atomic mass is 16.6. The van der Waals surface area contributed by atoms with Crippen LogP contribution in [-0.4, -0.2) is 96.4 Å². The van der Waals surface area contributed by atoms with Crippen LogP contribution in [-0.2, 0) is 41.6 Å². The van der Waals surface area contributed by atoms with Crippen molar-refractivity contribution >= 4 is 0 Å². The largest absolute Gasteiger partial charge is 0.441 e. The first kappa shape index (κ1) is 47.2. The molecule has 328 valence electrons. The number of terminal acetylenes is 1. The molecule has 12 heteroatoms. The molecule has 4 aromatic rings. The maximum atomic E-state index is 9.42. The third-order valence-electron chi connectivity index (χ3n) is 10.8. The second kappa shape index (κ2) is 25.1. The van der Waals surface area contributed by atoms with E-state index in [1.165, 1.54) is 11.1 Å². The van der Waals surface area contributed by atoms with Crippen molar-refractivity contribution in [1.82, 2.24) is 9.97 Å². The molecule has 2 aliphatic carbocycles. The summed E-state index contributed by atoms with van der Waals surface area (Å²) in [6, 6.07) is 16.3. The molecule has 0 unspecified atom stereocenters. The van der Waals surface area contributed by atoms with Gasteiger partial charge in [-0.2, -0.15) is 0 Å². The first-order valence-corrected chi connectivity index (χ1v) is 21.6. The minimum atomic E-state index is -0.389. The van der Waals surface area contributed by atoms with E-state index in [-0.39, 0.29) is 56.4 Å². The summed E-state index contributed by atoms with van der Waals surface area (Å²) in [4.78, 5) is 9.30. The number of aliphatic hydroxyl groups is 2. The van der Waals surface area contributed by atoms with E-state index in [0.29, 0.717) is 44.8 Å². The molecule has 0 aliphatic heterocycles. The third kappa shape index (κ3) is 15.2. The number of hydrogen-bond acceptors (Lipinski definition) is 12. The first-order chi connectivity index (χ1) is 29.2. The Labute approximate surface area is 356 Å². The summed E-state index contributed by atoms with van der Waals surface area (Å²) < 4.78 is 47.0. The molecule has 0 saturated heterocycles. The van der Waals surface area contributed by atoms with Crippen molar-refractivity contribution in [1.29, 1.82) is 0 Å².